The number of benzene rings is 2. The molecule has 0 aliphatic carbocycles. The Morgan fingerprint density at radius 2 is 1.81 bits per heavy atom. The molecule has 0 radical (unpaired) electrons. The van der Waals surface area contributed by atoms with Gasteiger partial charge in [0, 0.05) is 6.08 Å². The van der Waals surface area contributed by atoms with Crippen molar-refractivity contribution in [3.8, 4) is 5.75 Å². The summed E-state index contributed by atoms with van der Waals surface area (Å²) in [6, 6.07) is 10.2. The molecule has 5 nitrogen and oxygen atoms in total. The molecule has 0 bridgehead atoms. The van der Waals surface area contributed by atoms with Gasteiger partial charge in [-0.05, 0) is 35.0 Å². The van der Waals surface area contributed by atoms with Crippen molar-refractivity contribution in [2.75, 3.05) is 13.2 Å². The number of esters is 1. The molecule has 0 amide bonds. The normalized spacial score (nSPS) is 10.1. The van der Waals surface area contributed by atoms with E-state index in [4.69, 9.17) is 14.6 Å². The van der Waals surface area contributed by atoms with E-state index in [0.29, 0.717) is 5.75 Å². The summed E-state index contributed by atoms with van der Waals surface area (Å²) in [6.07, 6.45) is 1.09. The van der Waals surface area contributed by atoms with Crippen molar-refractivity contribution < 1.29 is 24.2 Å². The van der Waals surface area contributed by atoms with Crippen LogP contribution in [-0.2, 0) is 9.53 Å². The number of carboxylic acids is 1. The van der Waals surface area contributed by atoms with E-state index in [1.54, 1.807) is 36.4 Å². The van der Waals surface area contributed by atoms with Gasteiger partial charge < -0.3 is 14.6 Å². The van der Waals surface area contributed by atoms with Gasteiger partial charge in [0.1, 0.15) is 19.0 Å². The zero-order valence-electron chi connectivity index (χ0n) is 11.2. The minimum Gasteiger partial charge on any atom is -0.490 e. The first-order chi connectivity index (χ1) is 10.1. The van der Waals surface area contributed by atoms with E-state index in [9.17, 15) is 9.59 Å². The molecule has 21 heavy (non-hydrogen) atoms. The van der Waals surface area contributed by atoms with Crippen LogP contribution in [0.5, 0.6) is 5.75 Å². The quantitative estimate of drug-likeness (QED) is 0.502. The van der Waals surface area contributed by atoms with Gasteiger partial charge >= 0.3 is 11.9 Å². The Hall–Kier alpha value is -2.82. The molecular weight excluding hydrogens is 272 g/mol. The number of carbonyl (C=O) groups is 2. The summed E-state index contributed by atoms with van der Waals surface area (Å²) < 4.78 is 10.3. The maximum atomic E-state index is 10.9. The average Bonchev–Trinajstić information content (AvgIpc) is 2.50. The van der Waals surface area contributed by atoms with E-state index in [2.05, 4.69) is 6.58 Å². The van der Waals surface area contributed by atoms with Crippen LogP contribution in [-0.4, -0.2) is 30.3 Å². The third-order valence-electron chi connectivity index (χ3n) is 2.82. The van der Waals surface area contributed by atoms with Gasteiger partial charge in [0.2, 0.25) is 0 Å². The molecule has 2 aromatic carbocycles. The SMILES string of the molecule is C=CC(=O)OCCOc1ccc2cc(C(=O)O)ccc2c1. The van der Waals surface area contributed by atoms with E-state index >= 15 is 0 Å². The topological polar surface area (TPSA) is 72.8 Å². The lowest BCUT2D eigenvalue weighted by Crippen LogP contribution is -2.10. The van der Waals surface area contributed by atoms with Gasteiger partial charge in [0.25, 0.3) is 0 Å². The molecule has 0 aromatic heterocycles. The van der Waals surface area contributed by atoms with Crippen LogP contribution in [0.15, 0.2) is 49.1 Å². The van der Waals surface area contributed by atoms with Gasteiger partial charge in [-0.1, -0.05) is 18.7 Å². The number of hydrogen-bond acceptors (Lipinski definition) is 4. The maximum Gasteiger partial charge on any atom is 0.335 e. The lowest BCUT2D eigenvalue weighted by Gasteiger charge is -2.08. The third-order valence-corrected chi connectivity index (χ3v) is 2.82. The van der Waals surface area contributed by atoms with Gasteiger partial charge in [0.15, 0.2) is 0 Å². The smallest absolute Gasteiger partial charge is 0.335 e. The van der Waals surface area contributed by atoms with Gasteiger partial charge in [-0.2, -0.15) is 0 Å². The van der Waals surface area contributed by atoms with Crippen LogP contribution in [0, 0.1) is 0 Å². The van der Waals surface area contributed by atoms with Gasteiger partial charge in [0.05, 0.1) is 5.56 Å². The van der Waals surface area contributed by atoms with Crippen molar-refractivity contribution in [2.24, 2.45) is 0 Å². The number of fused-ring (bicyclic) bond motifs is 1. The molecule has 0 fully saturated rings. The molecule has 5 heteroatoms. The van der Waals surface area contributed by atoms with Crippen LogP contribution in [0.25, 0.3) is 10.8 Å². The lowest BCUT2D eigenvalue weighted by molar-refractivity contribution is -0.138. The van der Waals surface area contributed by atoms with E-state index in [0.717, 1.165) is 16.8 Å². The summed E-state index contributed by atoms with van der Waals surface area (Å²) in [6.45, 7) is 3.67. The molecule has 1 N–H and O–H groups in total. The molecule has 0 heterocycles. The highest BCUT2D eigenvalue weighted by molar-refractivity contribution is 5.94. The minimum atomic E-state index is -0.957. The van der Waals surface area contributed by atoms with Crippen LogP contribution in [0.2, 0.25) is 0 Å². The molecule has 0 aliphatic heterocycles. The third kappa shape index (κ3) is 3.82. The molecule has 0 unspecified atom stereocenters. The molecule has 108 valence electrons. The Bertz CT molecular complexity index is 690. The van der Waals surface area contributed by atoms with Crippen molar-refractivity contribution in [3.63, 3.8) is 0 Å². The Kier molecular flexibility index (Phi) is 4.56. The summed E-state index contributed by atoms with van der Waals surface area (Å²) >= 11 is 0. The van der Waals surface area contributed by atoms with Crippen molar-refractivity contribution in [2.45, 2.75) is 0 Å². The van der Waals surface area contributed by atoms with Crippen molar-refractivity contribution in [3.05, 3.63) is 54.6 Å². The number of aromatic carboxylic acids is 1. The first kappa shape index (κ1) is 14.6. The highest BCUT2D eigenvalue weighted by Gasteiger charge is 2.04. The first-order valence-corrected chi connectivity index (χ1v) is 6.29. The summed E-state index contributed by atoms with van der Waals surface area (Å²) in [5.74, 6) is -0.820. The van der Waals surface area contributed by atoms with Gasteiger partial charge in [-0.3, -0.25) is 0 Å². The average molecular weight is 286 g/mol. The largest absolute Gasteiger partial charge is 0.490 e. The van der Waals surface area contributed by atoms with E-state index in [-0.39, 0.29) is 18.8 Å². The fourth-order valence-electron chi connectivity index (χ4n) is 1.81. The number of hydrogen-bond donors (Lipinski definition) is 1. The standard InChI is InChI=1S/C16H14O5/c1-2-15(17)21-8-7-20-14-6-5-11-9-13(16(18)19)4-3-12(11)10-14/h2-6,9-10H,1,7-8H2,(H,18,19). The lowest BCUT2D eigenvalue weighted by atomic mass is 10.1. The Balaban J connectivity index is 2.02. The number of carbonyl (C=O) groups excluding carboxylic acids is 1. The zero-order valence-corrected chi connectivity index (χ0v) is 11.2. The Morgan fingerprint density at radius 1 is 1.10 bits per heavy atom. The second kappa shape index (κ2) is 6.56. The van der Waals surface area contributed by atoms with E-state index in [1.165, 1.54) is 0 Å². The van der Waals surface area contributed by atoms with Crippen LogP contribution in [0.4, 0.5) is 0 Å². The van der Waals surface area contributed by atoms with Crippen molar-refractivity contribution in [1.29, 1.82) is 0 Å². The van der Waals surface area contributed by atoms with Gasteiger partial charge in [-0.25, -0.2) is 9.59 Å². The van der Waals surface area contributed by atoms with Crippen LogP contribution >= 0.6 is 0 Å². The maximum absolute atomic E-state index is 10.9. The molecule has 2 rings (SSSR count). The predicted octanol–water partition coefficient (Wildman–Crippen LogP) is 2.65. The fourth-order valence-corrected chi connectivity index (χ4v) is 1.81. The Morgan fingerprint density at radius 3 is 2.52 bits per heavy atom. The molecule has 0 spiro atoms. The fraction of sp³-hybridized carbons (Fsp3) is 0.125. The van der Waals surface area contributed by atoms with Crippen molar-refractivity contribution in [1.82, 2.24) is 0 Å². The van der Waals surface area contributed by atoms with E-state index < -0.39 is 11.9 Å². The predicted molar refractivity (Wildman–Crippen MR) is 77.6 cm³/mol. The van der Waals surface area contributed by atoms with Gasteiger partial charge in [-0.15, -0.1) is 0 Å². The molecule has 2 aromatic rings. The highest BCUT2D eigenvalue weighted by Crippen LogP contribution is 2.22. The second-order valence-electron chi connectivity index (χ2n) is 4.25. The molecule has 0 saturated carbocycles. The minimum absolute atomic E-state index is 0.140. The molecule has 0 aliphatic rings. The second-order valence-corrected chi connectivity index (χ2v) is 4.25. The Labute approximate surface area is 121 Å². The molecule has 0 saturated heterocycles. The first-order valence-electron chi connectivity index (χ1n) is 6.29. The summed E-state index contributed by atoms with van der Waals surface area (Å²) in [4.78, 5) is 21.7. The monoisotopic (exact) mass is 286 g/mol. The summed E-state index contributed by atoms with van der Waals surface area (Å²) in [5, 5.41) is 10.6. The zero-order chi connectivity index (χ0) is 15.2. The van der Waals surface area contributed by atoms with Crippen LogP contribution in [0.1, 0.15) is 10.4 Å². The number of carboxylic acid groups (broad SMARTS) is 1. The van der Waals surface area contributed by atoms with E-state index in [1.807, 2.05) is 0 Å². The number of ether oxygens (including phenoxy) is 2. The summed E-state index contributed by atoms with van der Waals surface area (Å²) in [5.41, 5.74) is 0.243. The highest BCUT2D eigenvalue weighted by atomic mass is 16.6. The molecular formula is C16H14O5. The molecule has 0 atom stereocenters. The van der Waals surface area contributed by atoms with Crippen LogP contribution in [0.3, 0.4) is 0 Å². The number of rotatable bonds is 6. The summed E-state index contributed by atoms with van der Waals surface area (Å²) in [7, 11) is 0. The van der Waals surface area contributed by atoms with Crippen LogP contribution < -0.4 is 4.74 Å². The van der Waals surface area contributed by atoms with Crippen molar-refractivity contribution >= 4 is 22.7 Å².